The summed E-state index contributed by atoms with van der Waals surface area (Å²) in [5.74, 6) is 0.841. The molecular weight excluding hydrogens is 784 g/mol. The predicted molar refractivity (Wildman–Crippen MR) is 194 cm³/mol. The van der Waals surface area contributed by atoms with E-state index in [1.807, 2.05) is 48.5 Å². The fraction of sp³-hybridized carbons (Fsp3) is 0. The third-order valence-electron chi connectivity index (χ3n) is 8.88. The maximum atomic E-state index is 10.9. The van der Waals surface area contributed by atoms with E-state index in [1.54, 1.807) is 12.3 Å². The Labute approximate surface area is 297 Å². The summed E-state index contributed by atoms with van der Waals surface area (Å²) in [6.07, 6.45) is 3.89. The second kappa shape index (κ2) is 12.6. The minimum Gasteiger partial charge on any atom is -0.507 e. The normalized spacial score (nSPS) is 11.2. The van der Waals surface area contributed by atoms with Gasteiger partial charge in [0.2, 0.25) is 0 Å². The van der Waals surface area contributed by atoms with Gasteiger partial charge in [0.05, 0.1) is 16.6 Å². The summed E-state index contributed by atoms with van der Waals surface area (Å²) in [5.41, 5.74) is 9.09. The topological polar surface area (TPSA) is 63.8 Å². The monoisotopic (exact) mass is 810 g/mol. The first-order valence-electron chi connectivity index (χ1n) is 15.8. The first-order chi connectivity index (χ1) is 23.7. The van der Waals surface area contributed by atoms with Gasteiger partial charge in [-0.1, -0.05) is 115 Å². The van der Waals surface area contributed by atoms with Crippen LogP contribution < -0.4 is 0 Å². The minimum atomic E-state index is 0. The third kappa shape index (κ3) is 5.29. The maximum Gasteiger partial charge on any atom is 0.163 e. The number of rotatable bonds is 5. The van der Waals surface area contributed by atoms with Crippen LogP contribution in [0.4, 0.5) is 0 Å². The summed E-state index contributed by atoms with van der Waals surface area (Å²) in [6, 6.07) is 52.4. The van der Waals surface area contributed by atoms with Gasteiger partial charge in [0.25, 0.3) is 0 Å². The van der Waals surface area contributed by atoms with E-state index in [0.717, 1.165) is 55.4 Å². The van der Waals surface area contributed by atoms with Crippen LogP contribution in [0.1, 0.15) is 0 Å². The Bertz CT molecular complexity index is 2570. The Kier molecular flexibility index (Phi) is 7.83. The van der Waals surface area contributed by atoms with E-state index in [1.165, 1.54) is 0 Å². The SMILES string of the molecule is Oc1cccc2cnc3ccc(-c4nc(-c5cccc6ccc[c-]c56)cn4-c4c(-c5ccccc5)cccc4-c4ccccc4)nc3c12.[Pt]. The Morgan fingerprint density at radius 3 is 1.98 bits per heavy atom. The fourth-order valence-corrected chi connectivity index (χ4v) is 6.66. The van der Waals surface area contributed by atoms with E-state index in [0.29, 0.717) is 27.9 Å². The van der Waals surface area contributed by atoms with Gasteiger partial charge in [0, 0.05) is 55.7 Å². The molecule has 3 aromatic heterocycles. The van der Waals surface area contributed by atoms with Gasteiger partial charge in [0.1, 0.15) is 17.0 Å². The van der Waals surface area contributed by atoms with Gasteiger partial charge < -0.3 is 5.11 Å². The van der Waals surface area contributed by atoms with Crippen molar-refractivity contribution in [1.29, 1.82) is 0 Å². The zero-order valence-corrected chi connectivity index (χ0v) is 28.3. The molecule has 0 aliphatic heterocycles. The molecule has 0 amide bonds. The molecule has 0 aliphatic carbocycles. The Balaban J connectivity index is 0.00000348. The van der Waals surface area contributed by atoms with Crippen molar-refractivity contribution in [2.24, 2.45) is 0 Å². The average Bonchev–Trinajstić information content (AvgIpc) is 3.60. The Morgan fingerprint density at radius 1 is 0.571 bits per heavy atom. The Hall–Kier alpha value is -5.90. The zero-order chi connectivity index (χ0) is 32.0. The molecular formula is C43H27N4OPt-. The van der Waals surface area contributed by atoms with E-state index in [2.05, 4.69) is 113 Å². The predicted octanol–water partition coefficient (Wildman–Crippen LogP) is 10.3. The molecule has 5 nitrogen and oxygen atoms in total. The van der Waals surface area contributed by atoms with E-state index in [4.69, 9.17) is 9.97 Å². The molecule has 6 heteroatoms. The largest absolute Gasteiger partial charge is 0.507 e. The van der Waals surface area contributed by atoms with Crippen molar-refractivity contribution in [1.82, 2.24) is 19.5 Å². The minimum absolute atomic E-state index is 0. The van der Waals surface area contributed by atoms with Gasteiger partial charge >= 0.3 is 0 Å². The van der Waals surface area contributed by atoms with Gasteiger partial charge in [0.15, 0.2) is 5.82 Å². The number of hydrogen-bond donors (Lipinski definition) is 1. The van der Waals surface area contributed by atoms with Crippen molar-refractivity contribution in [2.75, 3.05) is 0 Å². The number of phenols is 1. The van der Waals surface area contributed by atoms with E-state index in [-0.39, 0.29) is 26.8 Å². The molecule has 0 aliphatic rings. The van der Waals surface area contributed by atoms with Crippen LogP contribution in [-0.4, -0.2) is 24.6 Å². The number of hydrogen-bond acceptors (Lipinski definition) is 4. The number of nitrogens with zero attached hydrogens (tertiary/aromatic N) is 4. The first-order valence-corrected chi connectivity index (χ1v) is 15.8. The average molecular weight is 811 g/mol. The molecule has 0 fully saturated rings. The smallest absolute Gasteiger partial charge is 0.163 e. The van der Waals surface area contributed by atoms with Crippen molar-refractivity contribution in [3.05, 3.63) is 164 Å². The molecule has 0 spiro atoms. The van der Waals surface area contributed by atoms with Crippen LogP contribution in [0.3, 0.4) is 0 Å². The van der Waals surface area contributed by atoms with Crippen molar-refractivity contribution >= 4 is 32.6 Å². The molecule has 3 heterocycles. The van der Waals surface area contributed by atoms with E-state index in [9.17, 15) is 5.11 Å². The molecule has 0 saturated heterocycles. The molecule has 0 radical (unpaired) electrons. The van der Waals surface area contributed by atoms with E-state index >= 15 is 0 Å². The number of phenolic OH excluding ortho intramolecular Hbond substituents is 1. The number of fused-ring (bicyclic) bond motifs is 4. The molecule has 9 aromatic rings. The van der Waals surface area contributed by atoms with Gasteiger partial charge in [-0.3, -0.25) is 9.55 Å². The number of aromatic hydroxyl groups is 1. The van der Waals surface area contributed by atoms with Crippen LogP contribution in [0, 0.1) is 6.07 Å². The molecule has 6 aromatic carbocycles. The summed E-state index contributed by atoms with van der Waals surface area (Å²) >= 11 is 0. The summed E-state index contributed by atoms with van der Waals surface area (Å²) in [6.45, 7) is 0. The number of pyridine rings is 2. The van der Waals surface area contributed by atoms with E-state index < -0.39 is 0 Å². The van der Waals surface area contributed by atoms with Crippen molar-refractivity contribution in [3.8, 4) is 56.5 Å². The summed E-state index contributed by atoms with van der Waals surface area (Å²) in [4.78, 5) is 15.2. The zero-order valence-electron chi connectivity index (χ0n) is 26.1. The molecule has 236 valence electrons. The number of imidazole rings is 1. The second-order valence-corrected chi connectivity index (χ2v) is 11.8. The third-order valence-corrected chi connectivity index (χ3v) is 8.88. The first kappa shape index (κ1) is 30.4. The number of benzene rings is 6. The van der Waals surface area contributed by atoms with Gasteiger partial charge in [-0.15, -0.1) is 35.0 Å². The quantitative estimate of drug-likeness (QED) is 0.139. The van der Waals surface area contributed by atoms with Gasteiger partial charge in [-0.05, 0) is 29.3 Å². The maximum absolute atomic E-state index is 10.9. The fourth-order valence-electron chi connectivity index (χ4n) is 6.66. The van der Waals surface area contributed by atoms with Crippen LogP contribution in [0.2, 0.25) is 0 Å². The summed E-state index contributed by atoms with van der Waals surface area (Å²) < 4.78 is 2.17. The molecule has 0 bridgehead atoms. The van der Waals surface area contributed by atoms with Crippen LogP contribution in [0.15, 0.2) is 158 Å². The van der Waals surface area contributed by atoms with Crippen LogP contribution >= 0.6 is 0 Å². The molecule has 0 atom stereocenters. The number of para-hydroxylation sites is 1. The summed E-state index contributed by atoms with van der Waals surface area (Å²) in [7, 11) is 0. The van der Waals surface area contributed by atoms with Crippen LogP contribution in [0.25, 0.3) is 83.3 Å². The van der Waals surface area contributed by atoms with Gasteiger partial charge in [-0.25, -0.2) is 9.97 Å². The molecule has 9 rings (SSSR count). The van der Waals surface area contributed by atoms with Crippen molar-refractivity contribution < 1.29 is 26.2 Å². The molecule has 0 saturated carbocycles. The molecule has 0 unspecified atom stereocenters. The Morgan fingerprint density at radius 2 is 1.22 bits per heavy atom. The molecule has 1 N–H and O–H groups in total. The van der Waals surface area contributed by atoms with Crippen LogP contribution in [0.5, 0.6) is 5.75 Å². The van der Waals surface area contributed by atoms with Crippen molar-refractivity contribution in [3.63, 3.8) is 0 Å². The second-order valence-electron chi connectivity index (χ2n) is 11.8. The van der Waals surface area contributed by atoms with Crippen molar-refractivity contribution in [2.45, 2.75) is 0 Å². The van der Waals surface area contributed by atoms with Gasteiger partial charge in [-0.2, -0.15) is 0 Å². The summed E-state index contributed by atoms with van der Waals surface area (Å²) in [5, 5.41) is 14.5. The number of aromatic nitrogens is 4. The van der Waals surface area contributed by atoms with Crippen LogP contribution in [-0.2, 0) is 21.1 Å². The standard InChI is InChI=1S/C43H27N4O.Pt/c48-39-23-10-18-31-26-44-36-24-25-37(45-41(36)40(31)39)43-46-38(35-22-9-17-28-16-7-8-19-32(28)35)27-47(43)42-33(29-12-3-1-4-13-29)20-11-21-34(42)30-14-5-2-6-15-30;/h1-18,20-27,48H;/q-1;. The molecule has 49 heavy (non-hydrogen) atoms.